The third kappa shape index (κ3) is 2.02. The molecule has 0 radical (unpaired) electrons. The largest absolute Gasteiger partial charge is 0.383 e. The predicted molar refractivity (Wildman–Crippen MR) is 72.7 cm³/mol. The maximum atomic E-state index is 5.86. The lowest BCUT2D eigenvalue weighted by molar-refractivity contribution is 0.273. The van der Waals surface area contributed by atoms with Gasteiger partial charge in [0.2, 0.25) is 0 Å². The molecule has 2 saturated heterocycles. The van der Waals surface area contributed by atoms with Crippen LogP contribution in [0, 0.1) is 6.92 Å². The van der Waals surface area contributed by atoms with Gasteiger partial charge in [0.25, 0.3) is 0 Å². The maximum absolute atomic E-state index is 5.86. The average molecular weight is 252 g/mol. The van der Waals surface area contributed by atoms with E-state index in [1.165, 1.54) is 42.9 Å². The second-order valence-electron chi connectivity index (χ2n) is 5.13. The number of nitrogen functional groups attached to an aromatic ring is 1. The van der Waals surface area contributed by atoms with Crippen molar-refractivity contribution in [1.29, 1.82) is 0 Å². The summed E-state index contributed by atoms with van der Waals surface area (Å²) in [5.74, 6) is 0.706. The summed E-state index contributed by atoms with van der Waals surface area (Å²) in [5.41, 5.74) is 7.02. The molecule has 2 fully saturated rings. The summed E-state index contributed by atoms with van der Waals surface area (Å²) < 4.78 is 4.27. The van der Waals surface area contributed by atoms with Gasteiger partial charge in [-0.25, -0.2) is 0 Å². The summed E-state index contributed by atoms with van der Waals surface area (Å²) in [4.78, 5) is 5.15. The molecule has 0 aliphatic carbocycles. The maximum Gasteiger partial charge on any atom is 0.142 e. The third-order valence-electron chi connectivity index (χ3n) is 4.03. The molecule has 5 heteroatoms. The third-order valence-corrected chi connectivity index (χ3v) is 5.05. The Morgan fingerprint density at radius 1 is 1.29 bits per heavy atom. The van der Waals surface area contributed by atoms with Gasteiger partial charge in [-0.05, 0) is 44.3 Å². The monoisotopic (exact) mass is 252 g/mol. The van der Waals surface area contributed by atoms with Crippen LogP contribution in [0.5, 0.6) is 0 Å². The fourth-order valence-electron chi connectivity index (χ4n) is 3.02. The SMILES string of the molecule is Cc1c(N)nsc1N1CCCN2CCCC2C1. The van der Waals surface area contributed by atoms with E-state index in [-0.39, 0.29) is 0 Å². The minimum atomic E-state index is 0.706. The van der Waals surface area contributed by atoms with Crippen molar-refractivity contribution in [2.24, 2.45) is 0 Å². The molecule has 0 bridgehead atoms. The standard InChI is InChI=1S/C12H20N4S/c1-9-11(13)14-17-12(9)16-7-3-6-15-5-2-4-10(15)8-16/h10H,2-8H2,1H3,(H2,13,14). The molecule has 2 aliphatic rings. The first-order valence-electron chi connectivity index (χ1n) is 6.46. The van der Waals surface area contributed by atoms with Crippen molar-refractivity contribution in [2.45, 2.75) is 32.2 Å². The second kappa shape index (κ2) is 4.46. The molecule has 0 spiro atoms. The molecule has 94 valence electrons. The highest BCUT2D eigenvalue weighted by atomic mass is 32.1. The first-order chi connectivity index (χ1) is 8.25. The van der Waals surface area contributed by atoms with Crippen LogP contribution in [0.2, 0.25) is 0 Å². The van der Waals surface area contributed by atoms with E-state index in [2.05, 4.69) is 21.1 Å². The van der Waals surface area contributed by atoms with Gasteiger partial charge in [0, 0.05) is 31.2 Å². The fourth-order valence-corrected chi connectivity index (χ4v) is 3.87. The molecule has 0 saturated carbocycles. The molecule has 1 aromatic heterocycles. The van der Waals surface area contributed by atoms with E-state index in [1.807, 2.05) is 0 Å². The van der Waals surface area contributed by atoms with Gasteiger partial charge >= 0.3 is 0 Å². The van der Waals surface area contributed by atoms with E-state index in [9.17, 15) is 0 Å². The van der Waals surface area contributed by atoms with Crippen molar-refractivity contribution < 1.29 is 0 Å². The quantitative estimate of drug-likeness (QED) is 0.826. The zero-order valence-corrected chi connectivity index (χ0v) is 11.2. The van der Waals surface area contributed by atoms with E-state index in [0.29, 0.717) is 5.82 Å². The summed E-state index contributed by atoms with van der Waals surface area (Å²) in [7, 11) is 0. The summed E-state index contributed by atoms with van der Waals surface area (Å²) in [6.45, 7) is 6.94. The normalized spacial score (nSPS) is 25.9. The molecule has 4 nitrogen and oxygen atoms in total. The van der Waals surface area contributed by atoms with Crippen molar-refractivity contribution >= 4 is 22.4 Å². The highest BCUT2D eigenvalue weighted by molar-refractivity contribution is 7.10. The van der Waals surface area contributed by atoms with Gasteiger partial charge in [0.05, 0.1) is 0 Å². The molecule has 17 heavy (non-hydrogen) atoms. The number of fused-ring (bicyclic) bond motifs is 1. The Morgan fingerprint density at radius 2 is 2.12 bits per heavy atom. The first kappa shape index (κ1) is 11.3. The molecule has 0 amide bonds. The van der Waals surface area contributed by atoms with Crippen LogP contribution in [0.25, 0.3) is 0 Å². The second-order valence-corrected chi connectivity index (χ2v) is 5.88. The summed E-state index contributed by atoms with van der Waals surface area (Å²) >= 11 is 1.56. The zero-order chi connectivity index (χ0) is 11.8. The lowest BCUT2D eigenvalue weighted by Crippen LogP contribution is -2.36. The van der Waals surface area contributed by atoms with Gasteiger partial charge in [-0.15, -0.1) is 0 Å². The Labute approximate surface area is 107 Å². The van der Waals surface area contributed by atoms with Crippen molar-refractivity contribution in [3.05, 3.63) is 5.56 Å². The van der Waals surface area contributed by atoms with Crippen LogP contribution in [-0.2, 0) is 0 Å². The van der Waals surface area contributed by atoms with Crippen LogP contribution in [0.1, 0.15) is 24.8 Å². The number of nitrogens with two attached hydrogens (primary N) is 1. The molecule has 2 N–H and O–H groups in total. The molecule has 1 unspecified atom stereocenters. The van der Waals surface area contributed by atoms with Gasteiger partial charge < -0.3 is 10.6 Å². The Hall–Kier alpha value is -0.810. The predicted octanol–water partition coefficient (Wildman–Crippen LogP) is 1.71. The fraction of sp³-hybridized carbons (Fsp3) is 0.750. The van der Waals surface area contributed by atoms with Gasteiger partial charge in [-0.1, -0.05) is 0 Å². The van der Waals surface area contributed by atoms with Crippen molar-refractivity contribution in [1.82, 2.24) is 9.27 Å². The number of hydrogen-bond acceptors (Lipinski definition) is 5. The minimum absolute atomic E-state index is 0.706. The summed E-state index contributed by atoms with van der Waals surface area (Å²) in [6.07, 6.45) is 3.97. The zero-order valence-electron chi connectivity index (χ0n) is 10.4. The Bertz CT molecular complexity index is 403. The van der Waals surface area contributed by atoms with Crippen LogP contribution in [0.15, 0.2) is 0 Å². The van der Waals surface area contributed by atoms with Crippen LogP contribution in [-0.4, -0.2) is 41.5 Å². The number of anilines is 2. The number of rotatable bonds is 1. The van der Waals surface area contributed by atoms with Crippen LogP contribution < -0.4 is 10.6 Å². The van der Waals surface area contributed by atoms with Crippen LogP contribution in [0.4, 0.5) is 10.8 Å². The molecular formula is C12H20N4S. The molecule has 3 heterocycles. The summed E-state index contributed by atoms with van der Waals surface area (Å²) in [6, 6.07) is 0.750. The van der Waals surface area contributed by atoms with Gasteiger partial charge in [0.1, 0.15) is 10.8 Å². The minimum Gasteiger partial charge on any atom is -0.383 e. The molecule has 1 aromatic rings. The van der Waals surface area contributed by atoms with E-state index in [1.54, 1.807) is 11.5 Å². The van der Waals surface area contributed by atoms with Crippen LogP contribution >= 0.6 is 11.5 Å². The average Bonchev–Trinajstić information content (AvgIpc) is 2.82. The van der Waals surface area contributed by atoms with Crippen molar-refractivity contribution in [3.8, 4) is 0 Å². The Kier molecular flexibility index (Phi) is 2.96. The topological polar surface area (TPSA) is 45.4 Å². The van der Waals surface area contributed by atoms with Gasteiger partial charge in [-0.2, -0.15) is 4.37 Å². The highest BCUT2D eigenvalue weighted by Gasteiger charge is 2.29. The summed E-state index contributed by atoms with van der Waals surface area (Å²) in [5, 5.41) is 1.29. The Balaban J connectivity index is 1.81. The van der Waals surface area contributed by atoms with E-state index in [0.717, 1.165) is 19.1 Å². The molecule has 3 rings (SSSR count). The van der Waals surface area contributed by atoms with E-state index in [4.69, 9.17) is 5.73 Å². The molecular weight excluding hydrogens is 232 g/mol. The van der Waals surface area contributed by atoms with Gasteiger partial charge in [0.15, 0.2) is 0 Å². The highest BCUT2D eigenvalue weighted by Crippen LogP contribution is 2.32. The smallest absolute Gasteiger partial charge is 0.142 e. The molecule has 2 aliphatic heterocycles. The Morgan fingerprint density at radius 3 is 2.88 bits per heavy atom. The number of aromatic nitrogens is 1. The lowest BCUT2D eigenvalue weighted by atomic mass is 10.2. The van der Waals surface area contributed by atoms with Crippen molar-refractivity contribution in [2.75, 3.05) is 36.8 Å². The van der Waals surface area contributed by atoms with Crippen LogP contribution in [0.3, 0.4) is 0 Å². The van der Waals surface area contributed by atoms with E-state index < -0.39 is 0 Å². The molecule has 0 aromatic carbocycles. The lowest BCUT2D eigenvalue weighted by Gasteiger charge is -2.26. The molecule has 1 atom stereocenters. The van der Waals surface area contributed by atoms with E-state index >= 15 is 0 Å². The van der Waals surface area contributed by atoms with Crippen molar-refractivity contribution in [3.63, 3.8) is 0 Å². The first-order valence-corrected chi connectivity index (χ1v) is 7.24. The number of nitrogens with zero attached hydrogens (tertiary/aromatic N) is 3. The van der Waals surface area contributed by atoms with Gasteiger partial charge in [-0.3, -0.25) is 4.90 Å². The number of hydrogen-bond donors (Lipinski definition) is 1.